The van der Waals surface area contributed by atoms with Crippen LogP contribution in [-0.2, 0) is 22.6 Å². The Bertz CT molecular complexity index is 902. The molecule has 0 bridgehead atoms. The molecule has 24 heavy (non-hydrogen) atoms. The van der Waals surface area contributed by atoms with E-state index < -0.39 is 11.5 Å². The van der Waals surface area contributed by atoms with Gasteiger partial charge in [-0.1, -0.05) is 49.4 Å². The first kappa shape index (κ1) is 15.9. The zero-order valence-corrected chi connectivity index (χ0v) is 13.3. The van der Waals surface area contributed by atoms with E-state index in [0.29, 0.717) is 10.9 Å². The first-order valence-corrected chi connectivity index (χ1v) is 7.73. The summed E-state index contributed by atoms with van der Waals surface area (Å²) in [6, 6.07) is 16.4. The third-order valence-electron chi connectivity index (χ3n) is 3.69. The second-order valence-electron chi connectivity index (χ2n) is 5.61. The number of rotatable bonds is 5. The fraction of sp³-hybridized carbons (Fsp3) is 0.211. The van der Waals surface area contributed by atoms with Crippen LogP contribution in [0, 0.1) is 5.92 Å². The van der Waals surface area contributed by atoms with Gasteiger partial charge in [-0.3, -0.25) is 4.79 Å². The number of nitrogens with zero attached hydrogens (tertiary/aromatic N) is 1. The van der Waals surface area contributed by atoms with Gasteiger partial charge in [0.25, 0.3) is 0 Å². The maximum Gasteiger partial charge on any atom is 0.346 e. The van der Waals surface area contributed by atoms with E-state index in [0.717, 1.165) is 5.56 Å². The minimum atomic E-state index is -0.453. The zero-order chi connectivity index (χ0) is 16.9. The fourth-order valence-electron chi connectivity index (χ4n) is 2.37. The van der Waals surface area contributed by atoms with Gasteiger partial charge in [-0.2, -0.15) is 0 Å². The molecule has 1 heterocycles. The standard InChI is InChI=1S/C19H17NO4/c1-13(18(21)23-12-14-7-3-2-4-8-14)11-17-20-16-10-6-5-9-15(16)19(22)24-17/h2-10,13H,11-12H2,1H3. The molecule has 0 radical (unpaired) electrons. The minimum Gasteiger partial charge on any atom is -0.461 e. The number of hydrogen-bond donors (Lipinski definition) is 0. The van der Waals surface area contributed by atoms with E-state index >= 15 is 0 Å². The summed E-state index contributed by atoms with van der Waals surface area (Å²) in [6.45, 7) is 1.95. The lowest BCUT2D eigenvalue weighted by Crippen LogP contribution is -2.18. The Kier molecular flexibility index (Phi) is 4.70. The van der Waals surface area contributed by atoms with Crippen molar-refractivity contribution in [2.75, 3.05) is 0 Å². The summed E-state index contributed by atoms with van der Waals surface area (Å²) in [4.78, 5) is 28.3. The summed E-state index contributed by atoms with van der Waals surface area (Å²) in [7, 11) is 0. The number of para-hydroxylation sites is 1. The lowest BCUT2D eigenvalue weighted by Gasteiger charge is -2.10. The van der Waals surface area contributed by atoms with Crippen LogP contribution in [0.3, 0.4) is 0 Å². The van der Waals surface area contributed by atoms with Crippen LogP contribution in [0.25, 0.3) is 10.9 Å². The van der Waals surface area contributed by atoms with Crippen molar-refractivity contribution in [3.63, 3.8) is 0 Å². The summed E-state index contributed by atoms with van der Waals surface area (Å²) < 4.78 is 10.5. The number of benzene rings is 2. The van der Waals surface area contributed by atoms with E-state index in [-0.39, 0.29) is 24.9 Å². The summed E-state index contributed by atoms with van der Waals surface area (Å²) >= 11 is 0. The molecule has 0 N–H and O–H groups in total. The molecule has 3 aromatic rings. The van der Waals surface area contributed by atoms with Crippen LogP contribution in [-0.4, -0.2) is 11.0 Å². The van der Waals surface area contributed by atoms with Crippen molar-refractivity contribution in [1.29, 1.82) is 0 Å². The van der Waals surface area contributed by atoms with Crippen LogP contribution < -0.4 is 5.63 Å². The second-order valence-corrected chi connectivity index (χ2v) is 5.61. The molecule has 0 saturated carbocycles. The Morgan fingerprint density at radius 3 is 2.62 bits per heavy atom. The summed E-state index contributed by atoms with van der Waals surface area (Å²) in [5.74, 6) is -0.565. The second kappa shape index (κ2) is 7.08. The van der Waals surface area contributed by atoms with E-state index in [9.17, 15) is 9.59 Å². The van der Waals surface area contributed by atoms with Gasteiger partial charge in [-0.25, -0.2) is 9.78 Å². The van der Waals surface area contributed by atoms with Crippen LogP contribution in [0.1, 0.15) is 18.4 Å². The number of esters is 1. The molecule has 0 aliphatic heterocycles. The summed E-state index contributed by atoms with van der Waals surface area (Å²) in [6.07, 6.45) is 0.216. The van der Waals surface area contributed by atoms with Gasteiger partial charge in [0.15, 0.2) is 5.89 Å². The third kappa shape index (κ3) is 3.68. The van der Waals surface area contributed by atoms with Crippen LogP contribution in [0.4, 0.5) is 0 Å². The Morgan fingerprint density at radius 2 is 1.83 bits per heavy atom. The van der Waals surface area contributed by atoms with Crippen molar-refractivity contribution in [3.05, 3.63) is 76.5 Å². The molecule has 0 amide bonds. The molecule has 122 valence electrons. The van der Waals surface area contributed by atoms with Crippen LogP contribution in [0.2, 0.25) is 0 Å². The highest BCUT2D eigenvalue weighted by atomic mass is 16.5. The summed E-state index contributed by atoms with van der Waals surface area (Å²) in [5, 5.41) is 0.431. The Morgan fingerprint density at radius 1 is 1.12 bits per heavy atom. The monoisotopic (exact) mass is 323 g/mol. The SMILES string of the molecule is CC(Cc1nc2ccccc2c(=O)o1)C(=O)OCc1ccccc1. The number of carbonyl (C=O) groups excluding carboxylic acids is 1. The number of carbonyl (C=O) groups is 1. The van der Waals surface area contributed by atoms with Gasteiger partial charge in [0.2, 0.25) is 0 Å². The predicted molar refractivity (Wildman–Crippen MR) is 89.4 cm³/mol. The van der Waals surface area contributed by atoms with Crippen LogP contribution in [0.15, 0.2) is 63.8 Å². The molecule has 0 aliphatic rings. The van der Waals surface area contributed by atoms with Crippen molar-refractivity contribution >= 4 is 16.9 Å². The lowest BCUT2D eigenvalue weighted by atomic mass is 10.1. The van der Waals surface area contributed by atoms with Gasteiger partial charge < -0.3 is 9.15 Å². The number of aromatic nitrogens is 1. The molecule has 5 heteroatoms. The van der Waals surface area contributed by atoms with E-state index in [1.54, 1.807) is 31.2 Å². The first-order chi connectivity index (χ1) is 11.6. The average molecular weight is 323 g/mol. The first-order valence-electron chi connectivity index (χ1n) is 7.73. The molecule has 0 aliphatic carbocycles. The van der Waals surface area contributed by atoms with Gasteiger partial charge in [0.1, 0.15) is 6.61 Å². The van der Waals surface area contributed by atoms with E-state index in [4.69, 9.17) is 9.15 Å². The molecule has 1 aromatic heterocycles. The highest BCUT2D eigenvalue weighted by Crippen LogP contribution is 2.12. The molecule has 2 aromatic carbocycles. The predicted octanol–water partition coefficient (Wildman–Crippen LogP) is 3.11. The molecule has 0 saturated heterocycles. The normalized spacial score (nSPS) is 12.0. The van der Waals surface area contributed by atoms with E-state index in [1.807, 2.05) is 30.3 Å². The van der Waals surface area contributed by atoms with Gasteiger partial charge in [0, 0.05) is 6.42 Å². The highest BCUT2D eigenvalue weighted by Gasteiger charge is 2.18. The quantitative estimate of drug-likeness (QED) is 0.675. The molecular weight excluding hydrogens is 306 g/mol. The largest absolute Gasteiger partial charge is 0.461 e. The van der Waals surface area contributed by atoms with Crippen molar-refractivity contribution in [1.82, 2.24) is 4.98 Å². The van der Waals surface area contributed by atoms with Gasteiger partial charge >= 0.3 is 11.6 Å². The van der Waals surface area contributed by atoms with E-state index in [1.165, 1.54) is 0 Å². The fourth-order valence-corrected chi connectivity index (χ4v) is 2.37. The van der Waals surface area contributed by atoms with Gasteiger partial charge in [-0.15, -0.1) is 0 Å². The van der Waals surface area contributed by atoms with Crippen LogP contribution in [0.5, 0.6) is 0 Å². The topological polar surface area (TPSA) is 69.4 Å². The van der Waals surface area contributed by atoms with Crippen molar-refractivity contribution in [3.8, 4) is 0 Å². The molecule has 0 spiro atoms. The third-order valence-corrected chi connectivity index (χ3v) is 3.69. The van der Waals surface area contributed by atoms with Crippen molar-refractivity contribution in [2.45, 2.75) is 20.0 Å². The Labute approximate surface area is 138 Å². The zero-order valence-electron chi connectivity index (χ0n) is 13.3. The Hall–Kier alpha value is -2.95. The number of ether oxygens (including phenoxy) is 1. The average Bonchev–Trinajstić information content (AvgIpc) is 2.60. The molecule has 1 atom stereocenters. The molecule has 5 nitrogen and oxygen atoms in total. The molecule has 3 rings (SSSR count). The molecular formula is C19H17NO4. The lowest BCUT2D eigenvalue weighted by molar-refractivity contribution is -0.149. The van der Waals surface area contributed by atoms with E-state index in [2.05, 4.69) is 4.98 Å². The molecule has 0 fully saturated rings. The maximum atomic E-state index is 12.1. The van der Waals surface area contributed by atoms with Crippen molar-refractivity contribution in [2.24, 2.45) is 5.92 Å². The number of fused-ring (bicyclic) bond motifs is 1. The van der Waals surface area contributed by atoms with Crippen molar-refractivity contribution < 1.29 is 13.9 Å². The molecule has 1 unspecified atom stereocenters. The van der Waals surface area contributed by atoms with Gasteiger partial charge in [0.05, 0.1) is 16.8 Å². The van der Waals surface area contributed by atoms with Crippen LogP contribution >= 0.6 is 0 Å². The summed E-state index contributed by atoms with van der Waals surface area (Å²) in [5.41, 5.74) is 1.04. The van der Waals surface area contributed by atoms with Gasteiger partial charge in [-0.05, 0) is 17.7 Å². The minimum absolute atomic E-state index is 0.216. The highest BCUT2D eigenvalue weighted by molar-refractivity contribution is 5.76. The maximum absolute atomic E-state index is 12.1. The smallest absolute Gasteiger partial charge is 0.346 e. The Balaban J connectivity index is 1.67. The number of hydrogen-bond acceptors (Lipinski definition) is 5.